The number of nitrogens with one attached hydrogen (secondary N) is 1. The Hall–Kier alpha value is -3.82. The minimum atomic E-state index is -0.498. The number of nitrogens with zero attached hydrogens (tertiary/aromatic N) is 5. The standard InChI is InChI=1S/C23H25FN6O3/c1-33-20-11-9-16(10-12-20)23-26-28-30(27-23)15-22(32)29(19-8-4-5-17(24)13-19)14-21(31)25-18-6-2-3-7-18/h4-5,8-13,18H,2-3,6-7,14-15H2,1H3,(H,25,31). The molecular weight excluding hydrogens is 427 g/mol. The highest BCUT2D eigenvalue weighted by Gasteiger charge is 2.24. The van der Waals surface area contributed by atoms with E-state index in [2.05, 4.69) is 20.7 Å². The molecule has 0 radical (unpaired) electrons. The van der Waals surface area contributed by atoms with E-state index in [1.165, 1.54) is 23.1 Å². The van der Waals surface area contributed by atoms with Crippen molar-refractivity contribution in [3.05, 3.63) is 54.3 Å². The van der Waals surface area contributed by atoms with E-state index in [0.717, 1.165) is 30.5 Å². The summed E-state index contributed by atoms with van der Waals surface area (Å²) >= 11 is 0. The van der Waals surface area contributed by atoms with Gasteiger partial charge in [0.15, 0.2) is 0 Å². The number of carbonyl (C=O) groups is 2. The number of tetrazole rings is 1. The second-order valence-electron chi connectivity index (χ2n) is 7.88. The molecule has 0 saturated heterocycles. The number of hydrogen-bond donors (Lipinski definition) is 1. The van der Waals surface area contributed by atoms with Gasteiger partial charge < -0.3 is 15.0 Å². The van der Waals surface area contributed by atoms with Gasteiger partial charge in [-0.05, 0) is 60.5 Å². The number of ether oxygens (including phenoxy) is 1. The van der Waals surface area contributed by atoms with Crippen LogP contribution in [0.25, 0.3) is 11.4 Å². The molecule has 0 aliphatic heterocycles. The highest BCUT2D eigenvalue weighted by molar-refractivity contribution is 5.98. The number of anilines is 1. The number of methoxy groups -OCH3 is 1. The van der Waals surface area contributed by atoms with Gasteiger partial charge in [-0.2, -0.15) is 4.80 Å². The zero-order valence-electron chi connectivity index (χ0n) is 18.3. The molecular formula is C23H25FN6O3. The van der Waals surface area contributed by atoms with Gasteiger partial charge in [-0.3, -0.25) is 9.59 Å². The molecule has 1 heterocycles. The number of halogens is 1. The van der Waals surface area contributed by atoms with E-state index in [-0.39, 0.29) is 30.7 Å². The number of benzene rings is 2. The smallest absolute Gasteiger partial charge is 0.251 e. The Morgan fingerprint density at radius 2 is 1.94 bits per heavy atom. The van der Waals surface area contributed by atoms with Crippen LogP contribution >= 0.6 is 0 Å². The van der Waals surface area contributed by atoms with Crippen molar-refractivity contribution in [1.82, 2.24) is 25.5 Å². The number of aromatic nitrogens is 4. The second-order valence-corrected chi connectivity index (χ2v) is 7.88. The molecule has 4 rings (SSSR count). The zero-order valence-corrected chi connectivity index (χ0v) is 18.3. The van der Waals surface area contributed by atoms with Crippen molar-refractivity contribution in [3.8, 4) is 17.1 Å². The predicted octanol–water partition coefficient (Wildman–Crippen LogP) is 2.58. The van der Waals surface area contributed by atoms with Crippen molar-refractivity contribution in [3.63, 3.8) is 0 Å². The third-order valence-corrected chi connectivity index (χ3v) is 5.52. The van der Waals surface area contributed by atoms with E-state index in [1.807, 2.05) is 0 Å². The van der Waals surface area contributed by atoms with Gasteiger partial charge in [0, 0.05) is 17.3 Å². The van der Waals surface area contributed by atoms with Crippen LogP contribution in [0.15, 0.2) is 48.5 Å². The monoisotopic (exact) mass is 452 g/mol. The van der Waals surface area contributed by atoms with Crippen molar-refractivity contribution >= 4 is 17.5 Å². The fraction of sp³-hybridized carbons (Fsp3) is 0.348. The van der Waals surface area contributed by atoms with E-state index < -0.39 is 11.7 Å². The van der Waals surface area contributed by atoms with Crippen molar-refractivity contribution in [2.24, 2.45) is 0 Å². The maximum atomic E-state index is 13.8. The third kappa shape index (κ3) is 5.71. The molecule has 3 aromatic rings. The first-order chi connectivity index (χ1) is 16.0. The molecule has 9 nitrogen and oxygen atoms in total. The molecule has 1 aliphatic rings. The summed E-state index contributed by atoms with van der Waals surface area (Å²) in [7, 11) is 1.58. The topological polar surface area (TPSA) is 102 Å². The van der Waals surface area contributed by atoms with E-state index in [4.69, 9.17) is 4.74 Å². The lowest BCUT2D eigenvalue weighted by atomic mass is 10.2. The molecule has 0 atom stereocenters. The first-order valence-corrected chi connectivity index (χ1v) is 10.8. The van der Waals surface area contributed by atoms with Crippen LogP contribution in [0.4, 0.5) is 10.1 Å². The molecule has 2 aromatic carbocycles. The SMILES string of the molecule is COc1ccc(-c2nnn(CC(=O)N(CC(=O)NC3CCCC3)c3cccc(F)c3)n2)cc1. The Bertz CT molecular complexity index is 1110. The van der Waals surface area contributed by atoms with Crippen LogP contribution in [0.2, 0.25) is 0 Å². The summed E-state index contributed by atoms with van der Waals surface area (Å²) in [5.41, 5.74) is 1.00. The van der Waals surface area contributed by atoms with E-state index in [1.54, 1.807) is 37.4 Å². The van der Waals surface area contributed by atoms with Crippen molar-refractivity contribution < 1.29 is 18.7 Å². The summed E-state index contributed by atoms with van der Waals surface area (Å²) in [6.07, 6.45) is 4.01. The van der Waals surface area contributed by atoms with Gasteiger partial charge in [0.1, 0.15) is 24.7 Å². The normalized spacial score (nSPS) is 13.6. The average molecular weight is 452 g/mol. The van der Waals surface area contributed by atoms with Crippen LogP contribution in [0.3, 0.4) is 0 Å². The van der Waals surface area contributed by atoms with Gasteiger partial charge in [-0.15, -0.1) is 10.2 Å². The Kier molecular flexibility index (Phi) is 6.92. The van der Waals surface area contributed by atoms with Gasteiger partial charge in [0.05, 0.1) is 7.11 Å². The third-order valence-electron chi connectivity index (χ3n) is 5.52. The molecule has 1 fully saturated rings. The first-order valence-electron chi connectivity index (χ1n) is 10.8. The fourth-order valence-electron chi connectivity index (χ4n) is 3.83. The van der Waals surface area contributed by atoms with Gasteiger partial charge in [0.2, 0.25) is 11.7 Å². The minimum absolute atomic E-state index is 0.117. The number of rotatable bonds is 8. The molecule has 33 heavy (non-hydrogen) atoms. The van der Waals surface area contributed by atoms with Crippen molar-refractivity contribution in [2.45, 2.75) is 38.3 Å². The van der Waals surface area contributed by atoms with E-state index in [9.17, 15) is 14.0 Å². The number of hydrogen-bond acceptors (Lipinski definition) is 6. The van der Waals surface area contributed by atoms with Crippen LogP contribution in [0.5, 0.6) is 5.75 Å². The molecule has 1 N–H and O–H groups in total. The highest BCUT2D eigenvalue weighted by Crippen LogP contribution is 2.20. The van der Waals surface area contributed by atoms with Crippen LogP contribution in [-0.4, -0.2) is 51.7 Å². The Morgan fingerprint density at radius 1 is 1.18 bits per heavy atom. The van der Waals surface area contributed by atoms with Crippen molar-refractivity contribution in [1.29, 1.82) is 0 Å². The Labute approximate surface area is 190 Å². The van der Waals surface area contributed by atoms with Crippen LogP contribution in [-0.2, 0) is 16.1 Å². The molecule has 1 aliphatic carbocycles. The van der Waals surface area contributed by atoms with Crippen molar-refractivity contribution in [2.75, 3.05) is 18.6 Å². The maximum absolute atomic E-state index is 13.8. The molecule has 172 valence electrons. The lowest BCUT2D eigenvalue weighted by molar-refractivity contribution is -0.124. The quantitative estimate of drug-likeness (QED) is 0.564. The molecule has 1 aromatic heterocycles. The molecule has 1 saturated carbocycles. The van der Waals surface area contributed by atoms with Crippen LogP contribution in [0, 0.1) is 5.82 Å². The van der Waals surface area contributed by atoms with E-state index in [0.29, 0.717) is 17.1 Å². The molecule has 0 unspecified atom stereocenters. The second kappa shape index (κ2) is 10.2. The van der Waals surface area contributed by atoms with Crippen LogP contribution in [0.1, 0.15) is 25.7 Å². The van der Waals surface area contributed by atoms with Crippen LogP contribution < -0.4 is 15.0 Å². The first kappa shape index (κ1) is 22.4. The zero-order chi connectivity index (χ0) is 23.2. The van der Waals surface area contributed by atoms with Gasteiger partial charge in [-0.1, -0.05) is 18.9 Å². The van der Waals surface area contributed by atoms with E-state index >= 15 is 0 Å². The summed E-state index contributed by atoms with van der Waals surface area (Å²) < 4.78 is 19.0. The summed E-state index contributed by atoms with van der Waals surface area (Å²) in [6.45, 7) is -0.477. The van der Waals surface area contributed by atoms with Gasteiger partial charge in [0.25, 0.3) is 5.91 Å². The fourth-order valence-corrected chi connectivity index (χ4v) is 3.83. The minimum Gasteiger partial charge on any atom is -0.497 e. The molecule has 2 amide bonds. The van der Waals surface area contributed by atoms with Gasteiger partial charge in [-0.25, -0.2) is 4.39 Å². The average Bonchev–Trinajstić information content (AvgIpc) is 3.50. The summed E-state index contributed by atoms with van der Waals surface area (Å²) in [4.78, 5) is 28.1. The Morgan fingerprint density at radius 3 is 2.64 bits per heavy atom. The summed E-state index contributed by atoms with van der Waals surface area (Å²) in [6, 6.07) is 12.8. The summed E-state index contributed by atoms with van der Waals surface area (Å²) in [5.74, 6) is -0.197. The summed E-state index contributed by atoms with van der Waals surface area (Å²) in [5, 5.41) is 15.2. The van der Waals surface area contributed by atoms with Gasteiger partial charge >= 0.3 is 0 Å². The number of amides is 2. The largest absolute Gasteiger partial charge is 0.497 e. The highest BCUT2D eigenvalue weighted by atomic mass is 19.1. The predicted molar refractivity (Wildman–Crippen MR) is 119 cm³/mol. The maximum Gasteiger partial charge on any atom is 0.251 e. The lowest BCUT2D eigenvalue weighted by Gasteiger charge is -2.23. The lowest BCUT2D eigenvalue weighted by Crippen LogP contribution is -2.45. The molecule has 0 spiro atoms. The number of carbonyl (C=O) groups excluding carboxylic acids is 2. The molecule has 10 heteroatoms. The Balaban J connectivity index is 1.48. The molecule has 0 bridgehead atoms.